The van der Waals surface area contributed by atoms with Crippen molar-refractivity contribution >= 4 is 34.9 Å². The van der Waals surface area contributed by atoms with Crippen LogP contribution in [-0.2, 0) is 16.0 Å². The summed E-state index contributed by atoms with van der Waals surface area (Å²) in [4.78, 5) is 40.9. The van der Waals surface area contributed by atoms with E-state index in [0.29, 0.717) is 23.9 Å². The second-order valence-electron chi connectivity index (χ2n) is 7.69. The van der Waals surface area contributed by atoms with Gasteiger partial charge in [-0.1, -0.05) is 60.7 Å². The number of hydrogen-bond donors (Lipinski definition) is 0. The fraction of sp³-hybridized carbons (Fsp3) is 0.292. The highest BCUT2D eigenvalue weighted by molar-refractivity contribution is 8.18. The molecule has 2 fully saturated rings. The normalized spacial score (nSPS) is 19.0. The Kier molecular flexibility index (Phi) is 6.33. The Bertz CT molecular complexity index is 951. The number of nitrogens with zero attached hydrogens (tertiary/aromatic N) is 2. The molecule has 3 amide bonds. The molecule has 0 atom stereocenters. The van der Waals surface area contributed by atoms with E-state index in [-0.39, 0.29) is 23.6 Å². The fourth-order valence-electron chi connectivity index (χ4n) is 3.91. The molecule has 5 nitrogen and oxygen atoms in total. The number of hydrogen-bond acceptors (Lipinski definition) is 4. The second-order valence-corrected chi connectivity index (χ2v) is 8.69. The Morgan fingerprint density at radius 1 is 0.967 bits per heavy atom. The van der Waals surface area contributed by atoms with Crippen molar-refractivity contribution in [2.75, 3.05) is 19.6 Å². The van der Waals surface area contributed by atoms with Crippen LogP contribution in [0.25, 0.3) is 6.08 Å². The quantitative estimate of drug-likeness (QED) is 0.680. The standard InChI is InChI=1S/C24H24N2O3S/c27-22(25-13-11-20(12-14-25)15-18-7-3-1-4-8-18)17-26-23(28)21(30-24(26)29)16-19-9-5-2-6-10-19/h1-10,16,20H,11-15,17H2/b21-16+. The van der Waals surface area contributed by atoms with Crippen molar-refractivity contribution in [1.29, 1.82) is 0 Å². The summed E-state index contributed by atoms with van der Waals surface area (Å²) in [5.74, 6) is 0.0139. The van der Waals surface area contributed by atoms with Gasteiger partial charge < -0.3 is 4.90 Å². The van der Waals surface area contributed by atoms with Gasteiger partial charge in [-0.15, -0.1) is 0 Å². The largest absolute Gasteiger partial charge is 0.341 e. The summed E-state index contributed by atoms with van der Waals surface area (Å²) in [6.07, 6.45) is 4.60. The SMILES string of the molecule is O=C(CN1C(=O)S/C(=C/c2ccccc2)C1=O)N1CCC(Cc2ccccc2)CC1. The number of benzene rings is 2. The Morgan fingerprint density at radius 3 is 2.27 bits per heavy atom. The van der Waals surface area contributed by atoms with Gasteiger partial charge in [0, 0.05) is 13.1 Å². The average molecular weight is 421 g/mol. The molecule has 2 heterocycles. The minimum Gasteiger partial charge on any atom is -0.341 e. The molecule has 2 aliphatic rings. The van der Waals surface area contributed by atoms with Gasteiger partial charge >= 0.3 is 0 Å². The molecule has 154 valence electrons. The first kappa shape index (κ1) is 20.4. The lowest BCUT2D eigenvalue weighted by Gasteiger charge is -2.32. The van der Waals surface area contributed by atoms with Crippen molar-refractivity contribution in [3.8, 4) is 0 Å². The van der Waals surface area contributed by atoms with Crippen LogP contribution in [0, 0.1) is 5.92 Å². The van der Waals surface area contributed by atoms with Crippen molar-refractivity contribution in [3.63, 3.8) is 0 Å². The molecule has 2 aromatic rings. The molecule has 0 aliphatic carbocycles. The molecule has 0 bridgehead atoms. The fourth-order valence-corrected chi connectivity index (χ4v) is 4.74. The first-order valence-electron chi connectivity index (χ1n) is 10.2. The van der Waals surface area contributed by atoms with E-state index in [2.05, 4.69) is 24.3 Å². The molecule has 2 aliphatic heterocycles. The van der Waals surface area contributed by atoms with Gasteiger partial charge in [-0.3, -0.25) is 19.3 Å². The van der Waals surface area contributed by atoms with Crippen molar-refractivity contribution in [2.24, 2.45) is 5.92 Å². The second kappa shape index (κ2) is 9.30. The van der Waals surface area contributed by atoms with Crippen molar-refractivity contribution in [1.82, 2.24) is 9.80 Å². The van der Waals surface area contributed by atoms with Crippen LogP contribution in [0.4, 0.5) is 4.79 Å². The first-order valence-corrected chi connectivity index (χ1v) is 11.0. The number of imide groups is 1. The number of carbonyl (C=O) groups is 3. The third-order valence-electron chi connectivity index (χ3n) is 5.60. The van der Waals surface area contributed by atoms with E-state index in [1.54, 1.807) is 11.0 Å². The van der Waals surface area contributed by atoms with Crippen LogP contribution in [-0.4, -0.2) is 46.5 Å². The Labute approximate surface area is 180 Å². The smallest absolute Gasteiger partial charge is 0.294 e. The number of likely N-dealkylation sites (tertiary alicyclic amines) is 1. The zero-order valence-corrected chi connectivity index (χ0v) is 17.5. The van der Waals surface area contributed by atoms with Crippen molar-refractivity contribution < 1.29 is 14.4 Å². The monoisotopic (exact) mass is 420 g/mol. The van der Waals surface area contributed by atoms with E-state index in [0.717, 1.165) is 41.5 Å². The van der Waals surface area contributed by atoms with Gasteiger partial charge in [0.15, 0.2) is 0 Å². The summed E-state index contributed by atoms with van der Waals surface area (Å²) in [7, 11) is 0. The maximum absolute atomic E-state index is 12.7. The molecule has 0 aromatic heterocycles. The number of thioether (sulfide) groups is 1. The third-order valence-corrected chi connectivity index (χ3v) is 6.51. The van der Waals surface area contributed by atoms with Crippen LogP contribution in [0.1, 0.15) is 24.0 Å². The Morgan fingerprint density at radius 2 is 1.60 bits per heavy atom. The molecule has 0 radical (unpaired) electrons. The molecule has 4 rings (SSSR count). The molecule has 2 aromatic carbocycles. The lowest BCUT2D eigenvalue weighted by Crippen LogP contribution is -2.45. The Balaban J connectivity index is 1.31. The average Bonchev–Trinajstić information content (AvgIpc) is 3.03. The third kappa shape index (κ3) is 4.82. The van der Waals surface area contributed by atoms with Crippen molar-refractivity contribution in [2.45, 2.75) is 19.3 Å². The van der Waals surface area contributed by atoms with Gasteiger partial charge in [-0.2, -0.15) is 0 Å². The van der Waals surface area contributed by atoms with E-state index in [1.807, 2.05) is 36.4 Å². The van der Waals surface area contributed by atoms with Crippen LogP contribution in [0.15, 0.2) is 65.6 Å². The summed E-state index contributed by atoms with van der Waals surface area (Å²) in [6.45, 7) is 1.17. The summed E-state index contributed by atoms with van der Waals surface area (Å²) in [5, 5.41) is -0.380. The maximum atomic E-state index is 12.7. The summed E-state index contributed by atoms with van der Waals surface area (Å²) >= 11 is 0.895. The summed E-state index contributed by atoms with van der Waals surface area (Å²) < 4.78 is 0. The van der Waals surface area contributed by atoms with Gasteiger partial charge in [0.25, 0.3) is 11.1 Å². The molecule has 2 saturated heterocycles. The molecule has 30 heavy (non-hydrogen) atoms. The zero-order chi connectivity index (χ0) is 20.9. The maximum Gasteiger partial charge on any atom is 0.294 e. The first-order chi connectivity index (χ1) is 14.6. The van der Waals surface area contributed by atoms with Gasteiger partial charge in [0.1, 0.15) is 6.54 Å². The molecule has 0 N–H and O–H groups in total. The summed E-state index contributed by atoms with van der Waals surface area (Å²) in [6, 6.07) is 19.8. The van der Waals surface area contributed by atoms with Gasteiger partial charge in [0.05, 0.1) is 4.91 Å². The van der Waals surface area contributed by atoms with E-state index >= 15 is 0 Å². The van der Waals surface area contributed by atoms with E-state index in [4.69, 9.17) is 0 Å². The number of piperidine rings is 1. The molecule has 0 saturated carbocycles. The van der Waals surface area contributed by atoms with Gasteiger partial charge in [-0.25, -0.2) is 0 Å². The van der Waals surface area contributed by atoms with Crippen LogP contribution >= 0.6 is 11.8 Å². The van der Waals surface area contributed by atoms with Crippen LogP contribution in [0.3, 0.4) is 0 Å². The molecular formula is C24H24N2O3S. The number of carbonyl (C=O) groups excluding carboxylic acids is 3. The number of amides is 3. The van der Waals surface area contributed by atoms with E-state index in [9.17, 15) is 14.4 Å². The molecular weight excluding hydrogens is 396 g/mol. The van der Waals surface area contributed by atoms with Gasteiger partial charge in [-0.05, 0) is 54.1 Å². The minimum atomic E-state index is -0.388. The predicted octanol–water partition coefficient (Wildman–Crippen LogP) is 4.20. The number of rotatable bonds is 5. The van der Waals surface area contributed by atoms with Crippen LogP contribution in [0.2, 0.25) is 0 Å². The van der Waals surface area contributed by atoms with E-state index in [1.165, 1.54) is 5.56 Å². The highest BCUT2D eigenvalue weighted by Crippen LogP contribution is 2.32. The predicted molar refractivity (Wildman–Crippen MR) is 119 cm³/mol. The Hall–Kier alpha value is -2.86. The molecule has 6 heteroatoms. The minimum absolute atomic E-state index is 0.156. The summed E-state index contributed by atoms with van der Waals surface area (Å²) in [5.41, 5.74) is 2.18. The van der Waals surface area contributed by atoms with E-state index < -0.39 is 0 Å². The van der Waals surface area contributed by atoms with Crippen LogP contribution in [0.5, 0.6) is 0 Å². The zero-order valence-electron chi connectivity index (χ0n) is 16.7. The van der Waals surface area contributed by atoms with Crippen molar-refractivity contribution in [3.05, 3.63) is 76.7 Å². The lowest BCUT2D eigenvalue weighted by molar-refractivity contribution is -0.136. The lowest BCUT2D eigenvalue weighted by atomic mass is 9.90. The highest BCUT2D eigenvalue weighted by atomic mass is 32.2. The topological polar surface area (TPSA) is 57.7 Å². The highest BCUT2D eigenvalue weighted by Gasteiger charge is 2.37. The van der Waals surface area contributed by atoms with Gasteiger partial charge in [0.2, 0.25) is 5.91 Å². The van der Waals surface area contributed by atoms with Crippen LogP contribution < -0.4 is 0 Å². The molecule has 0 spiro atoms. The molecule has 0 unspecified atom stereocenters.